The number of nitrogens with one attached hydrogen (secondary N) is 1. The lowest BCUT2D eigenvalue weighted by Crippen LogP contribution is -2.43. The number of nitrogens with two attached hydrogens (primary N) is 1. The average Bonchev–Trinajstić information content (AvgIpc) is 1.98. The first kappa shape index (κ1) is 10.9. The standard InChI is InChI=1S/C7H14N2O3/c1-4(2)6(10)9-3-5(8)7(11)12/h4-5H,3,8H2,1-2H3,(H,9,10)(H,11,12). The molecule has 0 saturated carbocycles. The molecule has 5 nitrogen and oxygen atoms in total. The Morgan fingerprint density at radius 2 is 2.00 bits per heavy atom. The molecule has 12 heavy (non-hydrogen) atoms. The zero-order valence-electron chi connectivity index (χ0n) is 7.20. The van der Waals surface area contributed by atoms with E-state index in [1.54, 1.807) is 13.8 Å². The van der Waals surface area contributed by atoms with Gasteiger partial charge in [0, 0.05) is 12.5 Å². The first-order valence-corrected chi connectivity index (χ1v) is 3.71. The molecule has 0 aromatic heterocycles. The summed E-state index contributed by atoms with van der Waals surface area (Å²) in [6.07, 6.45) is 0. The first-order valence-electron chi connectivity index (χ1n) is 3.71. The summed E-state index contributed by atoms with van der Waals surface area (Å²) in [5, 5.41) is 10.8. The lowest BCUT2D eigenvalue weighted by Gasteiger charge is -2.09. The van der Waals surface area contributed by atoms with E-state index in [2.05, 4.69) is 5.32 Å². The Morgan fingerprint density at radius 1 is 1.50 bits per heavy atom. The fourth-order valence-electron chi connectivity index (χ4n) is 0.502. The minimum Gasteiger partial charge on any atom is -0.480 e. The van der Waals surface area contributed by atoms with Gasteiger partial charge in [-0.3, -0.25) is 9.59 Å². The zero-order chi connectivity index (χ0) is 9.72. The summed E-state index contributed by atoms with van der Waals surface area (Å²) in [4.78, 5) is 21.1. The van der Waals surface area contributed by atoms with Crippen molar-refractivity contribution >= 4 is 11.9 Å². The molecule has 0 radical (unpaired) electrons. The molecule has 0 fully saturated rings. The number of carbonyl (C=O) groups excluding carboxylic acids is 1. The molecule has 0 spiro atoms. The third kappa shape index (κ3) is 3.92. The predicted octanol–water partition coefficient (Wildman–Crippen LogP) is -0.829. The fourth-order valence-corrected chi connectivity index (χ4v) is 0.502. The van der Waals surface area contributed by atoms with Crippen LogP contribution in [0.25, 0.3) is 0 Å². The number of carboxylic acids is 1. The highest BCUT2D eigenvalue weighted by atomic mass is 16.4. The fraction of sp³-hybridized carbons (Fsp3) is 0.714. The highest BCUT2D eigenvalue weighted by Crippen LogP contribution is 1.89. The van der Waals surface area contributed by atoms with Crippen LogP contribution in [-0.4, -0.2) is 29.6 Å². The van der Waals surface area contributed by atoms with E-state index in [-0.39, 0.29) is 18.4 Å². The Kier molecular flexibility index (Phi) is 4.28. The molecule has 0 rings (SSSR count). The number of carbonyl (C=O) groups is 2. The summed E-state index contributed by atoms with van der Waals surface area (Å²) in [5.41, 5.74) is 5.15. The van der Waals surface area contributed by atoms with E-state index >= 15 is 0 Å². The van der Waals surface area contributed by atoms with Crippen LogP contribution in [0.4, 0.5) is 0 Å². The van der Waals surface area contributed by atoms with Crippen molar-refractivity contribution in [1.29, 1.82) is 0 Å². The number of aliphatic carboxylic acids is 1. The third-order valence-corrected chi connectivity index (χ3v) is 1.34. The molecular formula is C7H14N2O3. The Morgan fingerprint density at radius 3 is 2.33 bits per heavy atom. The Labute approximate surface area is 70.9 Å². The van der Waals surface area contributed by atoms with Gasteiger partial charge in [0.15, 0.2) is 0 Å². The Hall–Kier alpha value is -1.10. The van der Waals surface area contributed by atoms with Crippen molar-refractivity contribution in [2.24, 2.45) is 11.7 Å². The molecule has 4 N–H and O–H groups in total. The lowest BCUT2D eigenvalue weighted by atomic mass is 10.2. The second-order valence-corrected chi connectivity index (χ2v) is 2.84. The number of hydrogen-bond donors (Lipinski definition) is 3. The zero-order valence-corrected chi connectivity index (χ0v) is 7.20. The van der Waals surface area contributed by atoms with E-state index in [4.69, 9.17) is 10.8 Å². The lowest BCUT2D eigenvalue weighted by molar-refractivity contribution is -0.138. The van der Waals surface area contributed by atoms with Crippen LogP contribution in [0.1, 0.15) is 13.8 Å². The van der Waals surface area contributed by atoms with Gasteiger partial charge >= 0.3 is 5.97 Å². The molecule has 0 aromatic carbocycles. The van der Waals surface area contributed by atoms with Gasteiger partial charge in [0.05, 0.1) is 0 Å². The molecule has 0 aliphatic carbocycles. The number of hydrogen-bond acceptors (Lipinski definition) is 3. The van der Waals surface area contributed by atoms with Crippen LogP contribution in [0.2, 0.25) is 0 Å². The van der Waals surface area contributed by atoms with Crippen molar-refractivity contribution in [2.45, 2.75) is 19.9 Å². The average molecular weight is 174 g/mol. The second kappa shape index (κ2) is 4.71. The molecule has 1 unspecified atom stereocenters. The second-order valence-electron chi connectivity index (χ2n) is 2.84. The van der Waals surface area contributed by atoms with E-state index in [1.807, 2.05) is 0 Å². The van der Waals surface area contributed by atoms with Gasteiger partial charge in [0.1, 0.15) is 6.04 Å². The van der Waals surface area contributed by atoms with E-state index < -0.39 is 12.0 Å². The van der Waals surface area contributed by atoms with Crippen molar-refractivity contribution in [3.63, 3.8) is 0 Å². The summed E-state index contributed by atoms with van der Waals surface area (Å²) < 4.78 is 0. The van der Waals surface area contributed by atoms with Gasteiger partial charge in [0.25, 0.3) is 0 Å². The monoisotopic (exact) mass is 174 g/mol. The van der Waals surface area contributed by atoms with E-state index in [0.717, 1.165) is 0 Å². The summed E-state index contributed by atoms with van der Waals surface area (Å²) in [6, 6.07) is -1.02. The molecule has 5 heteroatoms. The van der Waals surface area contributed by atoms with Crippen LogP contribution < -0.4 is 11.1 Å². The van der Waals surface area contributed by atoms with Gasteiger partial charge in [-0.15, -0.1) is 0 Å². The minimum absolute atomic E-state index is 0.0215. The molecule has 0 heterocycles. The van der Waals surface area contributed by atoms with Crippen LogP contribution in [0.5, 0.6) is 0 Å². The van der Waals surface area contributed by atoms with Crippen molar-refractivity contribution in [2.75, 3.05) is 6.54 Å². The normalized spacial score (nSPS) is 12.7. The van der Waals surface area contributed by atoms with Crippen molar-refractivity contribution < 1.29 is 14.7 Å². The molecule has 0 bridgehead atoms. The van der Waals surface area contributed by atoms with Crippen LogP contribution in [-0.2, 0) is 9.59 Å². The number of amides is 1. The van der Waals surface area contributed by atoms with E-state index in [9.17, 15) is 9.59 Å². The maximum atomic E-state index is 10.9. The Bertz CT molecular complexity index is 179. The predicted molar refractivity (Wildman–Crippen MR) is 43.5 cm³/mol. The quantitative estimate of drug-likeness (QED) is 0.518. The molecule has 70 valence electrons. The highest BCUT2D eigenvalue weighted by molar-refractivity contribution is 5.79. The molecule has 0 saturated heterocycles. The van der Waals surface area contributed by atoms with Gasteiger partial charge in [-0.25, -0.2) is 0 Å². The highest BCUT2D eigenvalue weighted by Gasteiger charge is 2.13. The van der Waals surface area contributed by atoms with Gasteiger partial charge in [-0.05, 0) is 0 Å². The van der Waals surface area contributed by atoms with Crippen molar-refractivity contribution in [3.05, 3.63) is 0 Å². The minimum atomic E-state index is -1.11. The van der Waals surface area contributed by atoms with Crippen LogP contribution in [0, 0.1) is 5.92 Å². The van der Waals surface area contributed by atoms with Gasteiger partial charge in [-0.2, -0.15) is 0 Å². The number of carboxylic acid groups (broad SMARTS) is 1. The topological polar surface area (TPSA) is 92.4 Å². The molecule has 0 aliphatic heterocycles. The van der Waals surface area contributed by atoms with Crippen LogP contribution >= 0.6 is 0 Å². The maximum absolute atomic E-state index is 10.9. The number of rotatable bonds is 4. The summed E-state index contributed by atoms with van der Waals surface area (Å²) in [5.74, 6) is -1.45. The summed E-state index contributed by atoms with van der Waals surface area (Å²) in [6.45, 7) is 3.43. The molecule has 0 aliphatic rings. The van der Waals surface area contributed by atoms with E-state index in [0.29, 0.717) is 0 Å². The van der Waals surface area contributed by atoms with Gasteiger partial charge in [0.2, 0.25) is 5.91 Å². The third-order valence-electron chi connectivity index (χ3n) is 1.34. The molecule has 1 amide bonds. The summed E-state index contributed by atoms with van der Waals surface area (Å²) in [7, 11) is 0. The van der Waals surface area contributed by atoms with Crippen LogP contribution in [0.15, 0.2) is 0 Å². The molecule has 1 atom stereocenters. The van der Waals surface area contributed by atoms with Crippen molar-refractivity contribution in [3.8, 4) is 0 Å². The smallest absolute Gasteiger partial charge is 0.322 e. The van der Waals surface area contributed by atoms with Crippen molar-refractivity contribution in [1.82, 2.24) is 5.32 Å². The maximum Gasteiger partial charge on any atom is 0.322 e. The van der Waals surface area contributed by atoms with E-state index in [1.165, 1.54) is 0 Å². The molecule has 0 aromatic rings. The first-order chi connectivity index (χ1) is 5.45. The van der Waals surface area contributed by atoms with Crippen LogP contribution in [0.3, 0.4) is 0 Å². The SMILES string of the molecule is CC(C)C(=O)NCC(N)C(=O)O. The largest absolute Gasteiger partial charge is 0.480 e. The molecular weight excluding hydrogens is 160 g/mol. The van der Waals surface area contributed by atoms with Gasteiger partial charge in [-0.1, -0.05) is 13.8 Å². The van der Waals surface area contributed by atoms with Gasteiger partial charge < -0.3 is 16.2 Å². The Balaban J connectivity index is 3.69. The summed E-state index contributed by atoms with van der Waals surface area (Å²) >= 11 is 0.